The summed E-state index contributed by atoms with van der Waals surface area (Å²) in [6, 6.07) is 2.84. The summed E-state index contributed by atoms with van der Waals surface area (Å²) in [5.41, 5.74) is -1.01. The first-order valence-corrected chi connectivity index (χ1v) is 17.2. The number of benzene rings is 1. The van der Waals surface area contributed by atoms with Crippen molar-refractivity contribution in [3.05, 3.63) is 48.0 Å². The summed E-state index contributed by atoms with van der Waals surface area (Å²) in [4.78, 5) is 95.8. The number of imide groups is 1. The summed E-state index contributed by atoms with van der Waals surface area (Å²) < 4.78 is 0. The number of nitrogens with zero attached hydrogens (tertiary/aromatic N) is 2. The summed E-state index contributed by atoms with van der Waals surface area (Å²) in [7, 11) is 0. The molecule has 7 amide bonds. The Kier molecular flexibility index (Phi) is 12.2. The number of hydrogen-bond donors (Lipinski definition) is 4. The van der Waals surface area contributed by atoms with Gasteiger partial charge in [-0.2, -0.15) is 0 Å². The summed E-state index contributed by atoms with van der Waals surface area (Å²) in [5.74, 6) is -1.19. The molecule has 50 heavy (non-hydrogen) atoms. The van der Waals surface area contributed by atoms with Crippen LogP contribution >= 0.6 is 0 Å². The number of fused-ring (bicyclic) bond motifs is 1. The van der Waals surface area contributed by atoms with E-state index in [-0.39, 0.29) is 32.5 Å². The van der Waals surface area contributed by atoms with E-state index in [2.05, 4.69) is 33.8 Å². The van der Waals surface area contributed by atoms with Crippen molar-refractivity contribution in [3.8, 4) is 12.3 Å². The number of amides is 7. The van der Waals surface area contributed by atoms with Crippen molar-refractivity contribution < 1.29 is 33.6 Å². The van der Waals surface area contributed by atoms with Gasteiger partial charge in [0.15, 0.2) is 0 Å². The Bertz CT molecular complexity index is 1530. The van der Waals surface area contributed by atoms with Crippen molar-refractivity contribution in [2.75, 3.05) is 19.6 Å². The van der Waals surface area contributed by atoms with E-state index in [4.69, 9.17) is 6.42 Å². The molecule has 1 aromatic rings. The zero-order valence-electron chi connectivity index (χ0n) is 29.1. The lowest BCUT2D eigenvalue weighted by Gasteiger charge is -2.41. The fourth-order valence-electron chi connectivity index (χ4n) is 6.94. The molecule has 0 radical (unpaired) electrons. The van der Waals surface area contributed by atoms with Crippen LogP contribution in [0.3, 0.4) is 0 Å². The van der Waals surface area contributed by atoms with Crippen LogP contribution in [0.25, 0.3) is 0 Å². The molecule has 2 heterocycles. The molecule has 2 aliphatic heterocycles. The normalized spacial score (nSPS) is 19.4. The van der Waals surface area contributed by atoms with Crippen LogP contribution in [0.4, 0.5) is 4.79 Å². The Balaban J connectivity index is 1.48. The number of likely N-dealkylation sites (tertiary alicyclic amines) is 1. The molecule has 1 aromatic carbocycles. The summed E-state index contributed by atoms with van der Waals surface area (Å²) >= 11 is 0. The van der Waals surface area contributed by atoms with Gasteiger partial charge in [-0.3, -0.25) is 33.7 Å². The number of Topliss-reactive ketones (excluding diaryl/α,β-unsaturated/α-hetero) is 1. The molecular weight excluding hydrogens is 640 g/mol. The molecule has 13 nitrogen and oxygen atoms in total. The quantitative estimate of drug-likeness (QED) is 0.107. The zero-order chi connectivity index (χ0) is 36.6. The molecule has 3 aliphatic rings. The van der Waals surface area contributed by atoms with E-state index in [1.165, 1.54) is 15.9 Å². The van der Waals surface area contributed by atoms with Crippen molar-refractivity contribution in [1.82, 2.24) is 31.1 Å². The van der Waals surface area contributed by atoms with Gasteiger partial charge in [0.25, 0.3) is 17.7 Å². The number of urea groups is 1. The molecule has 0 spiro atoms. The van der Waals surface area contributed by atoms with Gasteiger partial charge in [-0.05, 0) is 49.7 Å². The summed E-state index contributed by atoms with van der Waals surface area (Å²) in [6.45, 7) is 9.23. The van der Waals surface area contributed by atoms with Gasteiger partial charge < -0.3 is 26.2 Å². The predicted octanol–water partition coefficient (Wildman–Crippen LogP) is 2.46. The minimum atomic E-state index is -1.18. The first kappa shape index (κ1) is 37.8. The topological polar surface area (TPSA) is 174 Å². The highest BCUT2D eigenvalue weighted by molar-refractivity contribution is 6.38. The molecule has 0 aromatic heterocycles. The van der Waals surface area contributed by atoms with Crippen LogP contribution in [-0.2, 0) is 19.2 Å². The Hall–Kier alpha value is -4.99. The molecule has 268 valence electrons. The SMILES string of the molecule is C#CCCC(NC(=O)[C@@H]1CCCN1C(=O)[C@@H](NC(=O)NC1(CN2C(=O)c3ccccc3C2=O)CCCCC1)C(C)(C)C)C(=O)C(=O)NCC=C. The Morgan fingerprint density at radius 1 is 1.02 bits per heavy atom. The van der Waals surface area contributed by atoms with E-state index in [9.17, 15) is 33.6 Å². The smallest absolute Gasteiger partial charge is 0.315 e. The number of hydrogen-bond acceptors (Lipinski definition) is 7. The van der Waals surface area contributed by atoms with Crippen LogP contribution in [0.15, 0.2) is 36.9 Å². The minimum Gasteiger partial charge on any atom is -0.346 e. The molecule has 13 heteroatoms. The van der Waals surface area contributed by atoms with Gasteiger partial charge >= 0.3 is 6.03 Å². The molecule has 4 N–H and O–H groups in total. The van der Waals surface area contributed by atoms with Gasteiger partial charge in [-0.25, -0.2) is 4.79 Å². The van der Waals surface area contributed by atoms with E-state index in [1.54, 1.807) is 45.0 Å². The van der Waals surface area contributed by atoms with E-state index in [0.717, 1.165) is 19.3 Å². The summed E-state index contributed by atoms with van der Waals surface area (Å²) in [5, 5.41) is 11.0. The maximum absolute atomic E-state index is 14.2. The highest BCUT2D eigenvalue weighted by atomic mass is 16.2. The van der Waals surface area contributed by atoms with Crippen LogP contribution in [-0.4, -0.2) is 94.4 Å². The molecule has 1 unspecified atom stereocenters. The van der Waals surface area contributed by atoms with E-state index >= 15 is 0 Å². The van der Waals surface area contributed by atoms with Gasteiger partial charge in [-0.15, -0.1) is 18.9 Å². The number of terminal acetylenes is 1. The maximum Gasteiger partial charge on any atom is 0.315 e. The van der Waals surface area contributed by atoms with Gasteiger partial charge in [0.1, 0.15) is 12.1 Å². The molecule has 1 saturated carbocycles. The molecule has 3 atom stereocenters. The molecule has 4 rings (SSSR count). The summed E-state index contributed by atoms with van der Waals surface area (Å²) in [6.07, 6.45) is 11.4. The van der Waals surface area contributed by atoms with Gasteiger partial charge in [0.2, 0.25) is 17.6 Å². The lowest BCUT2D eigenvalue weighted by Crippen LogP contribution is -2.64. The number of carbonyl (C=O) groups excluding carboxylic acids is 7. The third-order valence-corrected chi connectivity index (χ3v) is 9.60. The predicted molar refractivity (Wildman–Crippen MR) is 185 cm³/mol. The van der Waals surface area contributed by atoms with E-state index < -0.39 is 70.4 Å². The van der Waals surface area contributed by atoms with Crippen LogP contribution in [0.5, 0.6) is 0 Å². The third kappa shape index (κ3) is 8.59. The zero-order valence-corrected chi connectivity index (χ0v) is 29.1. The first-order valence-electron chi connectivity index (χ1n) is 17.2. The van der Waals surface area contributed by atoms with Crippen molar-refractivity contribution in [2.45, 2.75) is 102 Å². The van der Waals surface area contributed by atoms with E-state index in [1.807, 2.05) is 0 Å². The fraction of sp³-hybridized carbons (Fsp3) is 0.541. The maximum atomic E-state index is 14.2. The number of ketones is 1. The molecule has 1 aliphatic carbocycles. The minimum absolute atomic E-state index is 0.000440. The van der Waals surface area contributed by atoms with Gasteiger partial charge in [0.05, 0.1) is 29.3 Å². The first-order chi connectivity index (χ1) is 23.7. The average Bonchev–Trinajstić information content (AvgIpc) is 3.67. The lowest BCUT2D eigenvalue weighted by molar-refractivity contribution is -0.143. The number of rotatable bonds is 13. The van der Waals surface area contributed by atoms with Gasteiger partial charge in [-0.1, -0.05) is 58.2 Å². The third-order valence-electron chi connectivity index (χ3n) is 9.60. The lowest BCUT2D eigenvalue weighted by atomic mass is 9.81. The second-order valence-electron chi connectivity index (χ2n) is 14.3. The number of nitrogens with one attached hydrogen (secondary N) is 4. The van der Waals surface area contributed by atoms with Crippen LogP contribution in [0.1, 0.15) is 99.3 Å². The van der Waals surface area contributed by atoms with Crippen LogP contribution < -0.4 is 21.3 Å². The highest BCUT2D eigenvalue weighted by Gasteiger charge is 2.46. The number of carbonyl (C=O) groups is 7. The van der Waals surface area contributed by atoms with Crippen molar-refractivity contribution in [1.29, 1.82) is 0 Å². The Morgan fingerprint density at radius 2 is 1.66 bits per heavy atom. The fourth-order valence-corrected chi connectivity index (χ4v) is 6.94. The monoisotopic (exact) mass is 688 g/mol. The Morgan fingerprint density at radius 3 is 2.24 bits per heavy atom. The second-order valence-corrected chi connectivity index (χ2v) is 14.3. The van der Waals surface area contributed by atoms with Crippen LogP contribution in [0.2, 0.25) is 0 Å². The Labute approximate surface area is 293 Å². The second kappa shape index (κ2) is 16.1. The standard InChI is InChI=1S/C37H48N6O7/c1-6-8-17-26(28(44)31(46)38-21-7-2)39-30(45)27-18-14-22-42(27)34(49)29(36(3,4)5)40-35(50)41-37(19-12-9-13-20-37)23-43-32(47)24-15-10-11-16-25(24)33(43)48/h1,7,10-11,15-16,26-27,29H,2,8-9,12-14,17-23H2,3-5H3,(H,38,46)(H,39,45)(H2,40,41,50)/t26?,27-,29+/m0/s1. The molecular formula is C37H48N6O7. The van der Waals surface area contributed by atoms with Crippen molar-refractivity contribution >= 4 is 41.4 Å². The van der Waals surface area contributed by atoms with Crippen LogP contribution in [0, 0.1) is 17.8 Å². The highest BCUT2D eigenvalue weighted by Crippen LogP contribution is 2.33. The van der Waals surface area contributed by atoms with Crippen molar-refractivity contribution in [3.63, 3.8) is 0 Å². The average molecular weight is 689 g/mol. The largest absolute Gasteiger partial charge is 0.346 e. The molecule has 1 saturated heterocycles. The van der Waals surface area contributed by atoms with E-state index in [0.29, 0.717) is 36.8 Å². The molecule has 2 fully saturated rings. The molecule has 0 bridgehead atoms. The van der Waals surface area contributed by atoms with Gasteiger partial charge in [0, 0.05) is 19.5 Å². The van der Waals surface area contributed by atoms with Crippen molar-refractivity contribution in [2.24, 2.45) is 5.41 Å².